The predicted molar refractivity (Wildman–Crippen MR) is 80.6 cm³/mol. The zero-order valence-corrected chi connectivity index (χ0v) is 12.9. The first-order valence-electron chi connectivity index (χ1n) is 7.21. The third kappa shape index (κ3) is 4.72. The lowest BCUT2D eigenvalue weighted by Crippen LogP contribution is -2.35. The van der Waals surface area contributed by atoms with Crippen LogP contribution in [0.1, 0.15) is 32.8 Å². The number of halogens is 1. The third-order valence-corrected chi connectivity index (χ3v) is 3.12. The van der Waals surface area contributed by atoms with E-state index in [1.807, 2.05) is 18.7 Å². The molecule has 5 heteroatoms. The van der Waals surface area contributed by atoms with Gasteiger partial charge in [0.25, 0.3) is 0 Å². The van der Waals surface area contributed by atoms with Crippen LogP contribution in [0.3, 0.4) is 0 Å². The van der Waals surface area contributed by atoms with E-state index >= 15 is 0 Å². The van der Waals surface area contributed by atoms with Crippen LogP contribution in [-0.4, -0.2) is 37.8 Å². The van der Waals surface area contributed by atoms with Gasteiger partial charge < -0.3 is 15.0 Å². The standard InChI is InChI=1S/C15H26FN3O/c1-5-7-17-11-13-6-8-18-15(14(13)16)19(12(2)3)9-10-20-4/h6,8,12,17H,5,7,9-11H2,1-4H3. The average Bonchev–Trinajstić information content (AvgIpc) is 2.42. The molecule has 0 spiro atoms. The number of pyridine rings is 1. The Labute approximate surface area is 121 Å². The van der Waals surface area contributed by atoms with Crippen LogP contribution in [0, 0.1) is 5.82 Å². The summed E-state index contributed by atoms with van der Waals surface area (Å²) in [6.07, 6.45) is 2.70. The maximum atomic E-state index is 14.6. The first-order chi connectivity index (χ1) is 9.61. The fourth-order valence-electron chi connectivity index (χ4n) is 2.01. The molecule has 1 heterocycles. The number of nitrogens with one attached hydrogen (secondary N) is 1. The summed E-state index contributed by atoms with van der Waals surface area (Å²) in [5.41, 5.74) is 0.659. The van der Waals surface area contributed by atoms with Gasteiger partial charge in [0.1, 0.15) is 0 Å². The second-order valence-electron chi connectivity index (χ2n) is 5.06. The first kappa shape index (κ1) is 16.9. The van der Waals surface area contributed by atoms with Crippen molar-refractivity contribution in [1.82, 2.24) is 10.3 Å². The van der Waals surface area contributed by atoms with Crippen LogP contribution in [0.15, 0.2) is 12.3 Å². The largest absolute Gasteiger partial charge is 0.383 e. The van der Waals surface area contributed by atoms with Crippen molar-refractivity contribution in [3.63, 3.8) is 0 Å². The summed E-state index contributed by atoms with van der Waals surface area (Å²) >= 11 is 0. The van der Waals surface area contributed by atoms with Gasteiger partial charge in [0.05, 0.1) is 6.61 Å². The maximum absolute atomic E-state index is 14.6. The van der Waals surface area contributed by atoms with Crippen molar-refractivity contribution in [2.45, 2.75) is 39.8 Å². The summed E-state index contributed by atoms with van der Waals surface area (Å²) in [6.45, 7) is 8.74. The molecule has 0 saturated carbocycles. The van der Waals surface area contributed by atoms with Crippen molar-refractivity contribution < 1.29 is 9.13 Å². The molecule has 0 bridgehead atoms. The summed E-state index contributed by atoms with van der Waals surface area (Å²) in [5.74, 6) is 0.175. The fourth-order valence-corrected chi connectivity index (χ4v) is 2.01. The molecule has 0 fully saturated rings. The number of nitrogens with zero attached hydrogens (tertiary/aromatic N) is 2. The Morgan fingerprint density at radius 1 is 1.45 bits per heavy atom. The fraction of sp³-hybridized carbons (Fsp3) is 0.667. The monoisotopic (exact) mass is 283 g/mol. The molecule has 0 aliphatic carbocycles. The SMILES string of the molecule is CCCNCc1ccnc(N(CCOC)C(C)C)c1F. The minimum atomic E-state index is -0.235. The molecule has 0 unspecified atom stereocenters. The van der Waals surface area contributed by atoms with E-state index in [9.17, 15) is 4.39 Å². The van der Waals surface area contributed by atoms with Crippen molar-refractivity contribution in [1.29, 1.82) is 0 Å². The number of ether oxygens (including phenoxy) is 1. The van der Waals surface area contributed by atoms with Gasteiger partial charge >= 0.3 is 0 Å². The number of methoxy groups -OCH3 is 1. The van der Waals surface area contributed by atoms with E-state index < -0.39 is 0 Å². The number of anilines is 1. The second-order valence-corrected chi connectivity index (χ2v) is 5.06. The van der Waals surface area contributed by atoms with E-state index in [0.717, 1.165) is 13.0 Å². The third-order valence-electron chi connectivity index (χ3n) is 3.12. The maximum Gasteiger partial charge on any atom is 0.170 e. The molecule has 1 aromatic heterocycles. The molecule has 4 nitrogen and oxygen atoms in total. The van der Waals surface area contributed by atoms with Gasteiger partial charge in [-0.05, 0) is 32.9 Å². The summed E-state index contributed by atoms with van der Waals surface area (Å²) in [5, 5.41) is 3.22. The van der Waals surface area contributed by atoms with Crippen LogP contribution in [-0.2, 0) is 11.3 Å². The molecule has 0 aliphatic rings. The normalized spacial score (nSPS) is 11.1. The van der Waals surface area contributed by atoms with Gasteiger partial charge in [-0.3, -0.25) is 0 Å². The van der Waals surface area contributed by atoms with Crippen molar-refractivity contribution >= 4 is 5.82 Å². The van der Waals surface area contributed by atoms with Crippen LogP contribution in [0.25, 0.3) is 0 Å². The minimum Gasteiger partial charge on any atom is -0.383 e. The molecule has 20 heavy (non-hydrogen) atoms. The topological polar surface area (TPSA) is 37.4 Å². The van der Waals surface area contributed by atoms with Gasteiger partial charge in [-0.15, -0.1) is 0 Å². The van der Waals surface area contributed by atoms with Gasteiger partial charge in [0, 0.05) is 38.0 Å². The number of aromatic nitrogens is 1. The highest BCUT2D eigenvalue weighted by Gasteiger charge is 2.18. The quantitative estimate of drug-likeness (QED) is 0.707. The van der Waals surface area contributed by atoms with Crippen molar-refractivity contribution in [3.8, 4) is 0 Å². The number of hydrogen-bond donors (Lipinski definition) is 1. The lowest BCUT2D eigenvalue weighted by atomic mass is 10.2. The molecule has 0 saturated heterocycles. The molecule has 114 valence electrons. The molecule has 0 atom stereocenters. The van der Waals surface area contributed by atoms with E-state index in [1.165, 1.54) is 0 Å². The van der Waals surface area contributed by atoms with Crippen LogP contribution >= 0.6 is 0 Å². The first-order valence-corrected chi connectivity index (χ1v) is 7.21. The Morgan fingerprint density at radius 3 is 2.80 bits per heavy atom. The van der Waals surface area contributed by atoms with Gasteiger partial charge in [-0.1, -0.05) is 6.92 Å². The Morgan fingerprint density at radius 2 is 2.20 bits per heavy atom. The average molecular weight is 283 g/mol. The lowest BCUT2D eigenvalue weighted by Gasteiger charge is -2.28. The Bertz CT molecular complexity index is 399. The number of rotatable bonds is 9. The molecule has 1 N–H and O–H groups in total. The molecule has 1 aromatic rings. The van der Waals surface area contributed by atoms with E-state index in [1.54, 1.807) is 19.4 Å². The molecule has 0 radical (unpaired) electrons. The Balaban J connectivity index is 2.89. The zero-order chi connectivity index (χ0) is 15.0. The smallest absolute Gasteiger partial charge is 0.170 e. The summed E-state index contributed by atoms with van der Waals surface area (Å²) in [7, 11) is 1.65. The Hall–Kier alpha value is -1.20. The van der Waals surface area contributed by atoms with Gasteiger partial charge in [-0.2, -0.15) is 0 Å². The molecule has 0 aromatic carbocycles. The van der Waals surface area contributed by atoms with Crippen molar-refractivity contribution in [2.75, 3.05) is 31.7 Å². The number of hydrogen-bond acceptors (Lipinski definition) is 4. The van der Waals surface area contributed by atoms with Crippen molar-refractivity contribution in [3.05, 3.63) is 23.6 Å². The Kier molecular flexibility index (Phi) is 7.47. The highest BCUT2D eigenvalue weighted by Crippen LogP contribution is 2.21. The van der Waals surface area contributed by atoms with E-state index in [4.69, 9.17) is 4.74 Å². The lowest BCUT2D eigenvalue weighted by molar-refractivity contribution is 0.203. The van der Waals surface area contributed by atoms with E-state index in [0.29, 0.717) is 31.1 Å². The summed E-state index contributed by atoms with van der Waals surface area (Å²) in [6, 6.07) is 1.90. The highest BCUT2D eigenvalue weighted by molar-refractivity contribution is 5.44. The molecule has 0 amide bonds. The van der Waals surface area contributed by atoms with Crippen molar-refractivity contribution in [2.24, 2.45) is 0 Å². The predicted octanol–water partition coefficient (Wildman–Crippen LogP) is 2.58. The second kappa shape index (κ2) is 8.87. The minimum absolute atomic E-state index is 0.172. The van der Waals surface area contributed by atoms with Crippen LogP contribution < -0.4 is 10.2 Å². The summed E-state index contributed by atoms with van der Waals surface area (Å²) in [4.78, 5) is 6.14. The molecule has 1 rings (SSSR count). The zero-order valence-electron chi connectivity index (χ0n) is 12.9. The molecular formula is C15H26FN3O. The van der Waals surface area contributed by atoms with Gasteiger partial charge in [-0.25, -0.2) is 9.37 Å². The van der Waals surface area contributed by atoms with Crippen LogP contribution in [0.4, 0.5) is 10.2 Å². The molecule has 0 aliphatic heterocycles. The van der Waals surface area contributed by atoms with Crippen LogP contribution in [0.5, 0.6) is 0 Å². The van der Waals surface area contributed by atoms with Gasteiger partial charge in [0.2, 0.25) is 0 Å². The van der Waals surface area contributed by atoms with Crippen LogP contribution in [0.2, 0.25) is 0 Å². The van der Waals surface area contributed by atoms with Gasteiger partial charge in [0.15, 0.2) is 11.6 Å². The summed E-state index contributed by atoms with van der Waals surface area (Å²) < 4.78 is 19.6. The van der Waals surface area contributed by atoms with E-state index in [2.05, 4.69) is 17.2 Å². The molecular weight excluding hydrogens is 257 g/mol. The van der Waals surface area contributed by atoms with E-state index in [-0.39, 0.29) is 11.9 Å². The highest BCUT2D eigenvalue weighted by atomic mass is 19.1.